The Morgan fingerprint density at radius 1 is 0.975 bits per heavy atom. The predicted octanol–water partition coefficient (Wildman–Crippen LogP) is 5.47. The number of aromatic nitrogens is 3. The molecule has 0 spiro atoms. The van der Waals surface area contributed by atoms with E-state index in [-0.39, 0.29) is 23.4 Å². The summed E-state index contributed by atoms with van der Waals surface area (Å²) in [5.41, 5.74) is 2.54. The molecule has 0 radical (unpaired) electrons. The van der Waals surface area contributed by atoms with Crippen molar-refractivity contribution >= 4 is 5.91 Å². The van der Waals surface area contributed by atoms with Gasteiger partial charge >= 0.3 is 6.36 Å². The highest BCUT2D eigenvalue weighted by Gasteiger charge is 2.44. The number of alkyl halides is 3. The zero-order chi connectivity index (χ0) is 27.7. The second-order valence-corrected chi connectivity index (χ2v) is 9.55. The van der Waals surface area contributed by atoms with Crippen molar-refractivity contribution in [2.24, 2.45) is 0 Å². The lowest BCUT2D eigenvalue weighted by molar-refractivity contribution is -0.274. The summed E-state index contributed by atoms with van der Waals surface area (Å²) in [5.74, 6) is 0.337. The third-order valence-electron chi connectivity index (χ3n) is 6.97. The number of nitrogens with zero attached hydrogens (tertiary/aromatic N) is 4. The normalized spacial score (nSPS) is 17.6. The zero-order valence-corrected chi connectivity index (χ0v) is 21.3. The van der Waals surface area contributed by atoms with Crippen LogP contribution in [0.25, 0.3) is 5.82 Å². The van der Waals surface area contributed by atoms with Crippen molar-refractivity contribution in [1.29, 1.82) is 0 Å². The first-order valence-electron chi connectivity index (χ1n) is 12.9. The minimum Gasteiger partial charge on any atom is -0.485 e. The van der Waals surface area contributed by atoms with Crippen molar-refractivity contribution < 1.29 is 32.2 Å². The van der Waals surface area contributed by atoms with Crippen LogP contribution in [-0.2, 0) is 11.3 Å². The molecule has 0 N–H and O–H groups in total. The van der Waals surface area contributed by atoms with Gasteiger partial charge < -0.3 is 19.1 Å². The van der Waals surface area contributed by atoms with Gasteiger partial charge in [0.1, 0.15) is 12.4 Å². The van der Waals surface area contributed by atoms with Crippen LogP contribution in [0.1, 0.15) is 46.1 Å². The van der Waals surface area contributed by atoms with Crippen molar-refractivity contribution in [3.05, 3.63) is 102 Å². The fourth-order valence-corrected chi connectivity index (χ4v) is 5.19. The van der Waals surface area contributed by atoms with Gasteiger partial charge in [0.05, 0.1) is 6.04 Å². The van der Waals surface area contributed by atoms with Crippen LogP contribution in [0.3, 0.4) is 0 Å². The Balaban J connectivity index is 1.35. The van der Waals surface area contributed by atoms with E-state index in [2.05, 4.69) is 14.8 Å². The lowest BCUT2D eigenvalue weighted by Gasteiger charge is -2.36. The minimum atomic E-state index is -4.80. The highest BCUT2D eigenvalue weighted by Crippen LogP contribution is 2.42. The highest BCUT2D eigenvalue weighted by molar-refractivity contribution is 5.98. The van der Waals surface area contributed by atoms with Gasteiger partial charge in [-0.2, -0.15) is 5.10 Å². The number of hydrogen-bond acceptors (Lipinski definition) is 6. The molecule has 1 unspecified atom stereocenters. The molecule has 2 aliphatic heterocycles. The van der Waals surface area contributed by atoms with Gasteiger partial charge in [0.15, 0.2) is 17.3 Å². The van der Waals surface area contributed by atoms with Crippen LogP contribution in [0, 0.1) is 0 Å². The molecule has 1 amide bonds. The molecule has 4 heterocycles. The van der Waals surface area contributed by atoms with E-state index in [9.17, 15) is 18.0 Å². The van der Waals surface area contributed by atoms with Crippen molar-refractivity contribution in [3.63, 3.8) is 0 Å². The van der Waals surface area contributed by atoms with Gasteiger partial charge in [-0.3, -0.25) is 4.79 Å². The first-order valence-corrected chi connectivity index (χ1v) is 12.9. The summed E-state index contributed by atoms with van der Waals surface area (Å²) < 4.78 is 55.3. The number of carbonyl (C=O) groups is 1. The molecule has 2 aromatic carbocycles. The Hall–Kier alpha value is -4.38. The van der Waals surface area contributed by atoms with Crippen LogP contribution >= 0.6 is 0 Å². The number of hydrogen-bond donors (Lipinski definition) is 0. The third kappa shape index (κ3) is 5.24. The number of ether oxygens (including phenoxy) is 3. The molecule has 1 fully saturated rings. The molecule has 4 aromatic rings. The van der Waals surface area contributed by atoms with Crippen molar-refractivity contribution in [2.75, 3.05) is 13.2 Å². The van der Waals surface area contributed by atoms with Crippen molar-refractivity contribution in [1.82, 2.24) is 19.7 Å². The van der Waals surface area contributed by atoms with Crippen LogP contribution in [0.4, 0.5) is 13.2 Å². The molecular weight excluding hydrogens is 525 g/mol. The van der Waals surface area contributed by atoms with E-state index in [1.807, 2.05) is 30.3 Å². The summed E-state index contributed by atoms with van der Waals surface area (Å²) >= 11 is 0. The van der Waals surface area contributed by atoms with Crippen molar-refractivity contribution in [3.8, 4) is 17.3 Å². The van der Waals surface area contributed by atoms with Crippen LogP contribution in [0.5, 0.6) is 11.5 Å². The molecule has 1 atom stereocenters. The number of halogens is 3. The maximum absolute atomic E-state index is 13.8. The summed E-state index contributed by atoms with van der Waals surface area (Å²) in [5, 5.41) is 4.62. The Morgan fingerprint density at radius 3 is 2.45 bits per heavy atom. The fraction of sp³-hybridized carbons (Fsp3) is 0.276. The van der Waals surface area contributed by atoms with Gasteiger partial charge in [-0.05, 0) is 48.2 Å². The second kappa shape index (κ2) is 10.6. The summed E-state index contributed by atoms with van der Waals surface area (Å²) in [6.45, 7) is 1.37. The van der Waals surface area contributed by atoms with Crippen molar-refractivity contribution in [2.45, 2.75) is 37.9 Å². The van der Waals surface area contributed by atoms with E-state index in [1.54, 1.807) is 41.6 Å². The zero-order valence-electron chi connectivity index (χ0n) is 21.3. The van der Waals surface area contributed by atoms with Gasteiger partial charge in [0.25, 0.3) is 5.91 Å². The lowest BCUT2D eigenvalue weighted by atomic mass is 9.98. The third-order valence-corrected chi connectivity index (χ3v) is 6.97. The second-order valence-electron chi connectivity index (χ2n) is 9.55. The summed E-state index contributed by atoms with van der Waals surface area (Å²) in [6, 6.07) is 18.2. The first-order chi connectivity index (χ1) is 19.4. The molecule has 8 nitrogen and oxygen atoms in total. The molecule has 2 aromatic heterocycles. The van der Waals surface area contributed by atoms with Crippen LogP contribution in [0.2, 0.25) is 0 Å². The maximum Gasteiger partial charge on any atom is 0.573 e. The van der Waals surface area contributed by atoms with E-state index in [1.165, 1.54) is 16.8 Å². The molecule has 0 saturated carbocycles. The highest BCUT2D eigenvalue weighted by atomic mass is 19.4. The summed E-state index contributed by atoms with van der Waals surface area (Å²) in [6.07, 6.45) is -0.130. The maximum atomic E-state index is 13.8. The first kappa shape index (κ1) is 25.9. The van der Waals surface area contributed by atoms with Crippen LogP contribution in [0.15, 0.2) is 79.1 Å². The largest absolute Gasteiger partial charge is 0.573 e. The van der Waals surface area contributed by atoms with Crippen LogP contribution in [-0.4, -0.2) is 51.2 Å². The van der Waals surface area contributed by atoms with E-state index in [0.29, 0.717) is 55.4 Å². The predicted molar refractivity (Wildman–Crippen MR) is 137 cm³/mol. The Morgan fingerprint density at radius 2 is 1.73 bits per heavy atom. The minimum absolute atomic E-state index is 0.0976. The number of pyridine rings is 1. The number of amides is 1. The molecule has 206 valence electrons. The van der Waals surface area contributed by atoms with Gasteiger partial charge in [0, 0.05) is 37.2 Å². The lowest BCUT2D eigenvalue weighted by Crippen LogP contribution is -2.42. The standard InChI is InChI=1S/C29H25F3N4O4/c30-29(31,32)40-22-10-8-20(9-11-22)26-23-17-35(34-25(23)28(37)36(26)21-12-15-38-16-13-21)27-24(7-4-14-33-27)39-18-19-5-2-1-3-6-19/h1-11,14,17,21,26H,12-13,15-16,18H2. The average Bonchev–Trinajstić information content (AvgIpc) is 3.51. The molecule has 1 saturated heterocycles. The molecule has 0 bridgehead atoms. The monoisotopic (exact) mass is 550 g/mol. The van der Waals surface area contributed by atoms with Crippen LogP contribution < -0.4 is 9.47 Å². The SMILES string of the molecule is O=C1c2nn(-c3ncccc3OCc3ccccc3)cc2C(c2ccc(OC(F)(F)F)cc2)N1C1CCOCC1. The van der Waals surface area contributed by atoms with Gasteiger partial charge in [0.2, 0.25) is 0 Å². The van der Waals surface area contributed by atoms with E-state index < -0.39 is 12.4 Å². The number of benzene rings is 2. The number of carbonyl (C=O) groups excluding carboxylic acids is 1. The van der Waals surface area contributed by atoms with Gasteiger partial charge in [-0.1, -0.05) is 42.5 Å². The Bertz CT molecular complexity index is 1490. The molecule has 11 heteroatoms. The van der Waals surface area contributed by atoms with Gasteiger partial charge in [-0.15, -0.1) is 13.2 Å². The quantitative estimate of drug-likeness (QED) is 0.304. The number of rotatable bonds is 7. The Labute approximate surface area is 227 Å². The van der Waals surface area contributed by atoms with Gasteiger partial charge in [-0.25, -0.2) is 9.67 Å². The molecule has 0 aliphatic carbocycles. The molecule has 40 heavy (non-hydrogen) atoms. The number of fused-ring (bicyclic) bond motifs is 1. The van der Waals surface area contributed by atoms with E-state index >= 15 is 0 Å². The summed E-state index contributed by atoms with van der Waals surface area (Å²) in [7, 11) is 0. The van der Waals surface area contributed by atoms with E-state index in [4.69, 9.17) is 9.47 Å². The fourth-order valence-electron chi connectivity index (χ4n) is 5.19. The molecular formula is C29H25F3N4O4. The van der Waals surface area contributed by atoms with E-state index in [0.717, 1.165) is 5.56 Å². The topological polar surface area (TPSA) is 78.7 Å². The average molecular weight is 551 g/mol. The molecule has 2 aliphatic rings. The summed E-state index contributed by atoms with van der Waals surface area (Å²) in [4.78, 5) is 20.0. The molecule has 6 rings (SSSR count). The smallest absolute Gasteiger partial charge is 0.485 e. The Kier molecular flexibility index (Phi) is 6.89.